The van der Waals surface area contributed by atoms with E-state index in [1.165, 1.54) is 0 Å². The Bertz CT molecular complexity index is 636. The predicted molar refractivity (Wildman–Crippen MR) is 101 cm³/mol. The van der Waals surface area contributed by atoms with Crippen molar-refractivity contribution in [3.63, 3.8) is 0 Å². The van der Waals surface area contributed by atoms with E-state index in [-0.39, 0.29) is 11.6 Å². The first-order chi connectivity index (χ1) is 11.4. The first kappa shape index (κ1) is 18.3. The summed E-state index contributed by atoms with van der Waals surface area (Å²) in [6.07, 6.45) is 0. The van der Waals surface area contributed by atoms with Gasteiger partial charge >= 0.3 is 0 Å². The van der Waals surface area contributed by atoms with E-state index in [0.717, 1.165) is 42.3 Å². The molecule has 1 atom stereocenters. The second-order valence-electron chi connectivity index (χ2n) is 6.99. The van der Waals surface area contributed by atoms with E-state index in [1.807, 2.05) is 18.2 Å². The number of aliphatic imine (C=N–C) groups is 1. The topological polar surface area (TPSA) is 61.6 Å². The van der Waals surface area contributed by atoms with Gasteiger partial charge in [0.2, 0.25) is 0 Å². The molecule has 0 saturated heterocycles. The largest absolute Gasteiger partial charge is 0.459 e. The molecule has 0 amide bonds. The molecule has 5 nitrogen and oxygen atoms in total. The summed E-state index contributed by atoms with van der Waals surface area (Å²) < 4.78 is 5.92. The number of fused-ring (bicyclic) bond motifs is 1. The highest BCUT2D eigenvalue weighted by Crippen LogP contribution is 2.23. The normalized spacial score (nSPS) is 14.0. The molecule has 0 aliphatic heterocycles. The molecule has 0 radical (unpaired) electrons. The number of furan rings is 1. The minimum absolute atomic E-state index is 0.0470. The third kappa shape index (κ3) is 5.57. The van der Waals surface area contributed by atoms with Crippen LogP contribution >= 0.6 is 0 Å². The third-order valence-corrected chi connectivity index (χ3v) is 3.61. The fourth-order valence-corrected chi connectivity index (χ4v) is 2.41. The van der Waals surface area contributed by atoms with E-state index in [4.69, 9.17) is 4.42 Å². The Morgan fingerprint density at radius 2 is 2.00 bits per heavy atom. The van der Waals surface area contributed by atoms with Crippen molar-refractivity contribution in [2.75, 3.05) is 19.6 Å². The van der Waals surface area contributed by atoms with Gasteiger partial charge in [0.25, 0.3) is 0 Å². The highest BCUT2D eigenvalue weighted by Gasteiger charge is 2.13. The molecule has 1 aromatic carbocycles. The van der Waals surface area contributed by atoms with Crippen LogP contribution in [0.2, 0.25) is 0 Å². The summed E-state index contributed by atoms with van der Waals surface area (Å²) in [5, 5.41) is 11.3. The van der Waals surface area contributed by atoms with E-state index in [9.17, 15) is 0 Å². The van der Waals surface area contributed by atoms with Crippen LogP contribution in [0.1, 0.15) is 46.4 Å². The lowest BCUT2D eigenvalue weighted by Gasteiger charge is -2.20. The number of benzene rings is 1. The van der Waals surface area contributed by atoms with E-state index in [2.05, 4.69) is 67.7 Å². The first-order valence-corrected chi connectivity index (χ1v) is 8.67. The number of hydrogen-bond acceptors (Lipinski definition) is 3. The molecule has 1 aromatic heterocycles. The second-order valence-corrected chi connectivity index (χ2v) is 6.99. The maximum Gasteiger partial charge on any atom is 0.191 e. The van der Waals surface area contributed by atoms with Crippen molar-refractivity contribution in [2.24, 2.45) is 4.99 Å². The highest BCUT2D eigenvalue weighted by atomic mass is 16.3. The lowest BCUT2D eigenvalue weighted by atomic mass is 10.1. The zero-order valence-electron chi connectivity index (χ0n) is 15.4. The zero-order valence-corrected chi connectivity index (χ0v) is 15.4. The van der Waals surface area contributed by atoms with Gasteiger partial charge in [0, 0.05) is 24.0 Å². The third-order valence-electron chi connectivity index (χ3n) is 3.61. The Morgan fingerprint density at radius 1 is 1.25 bits per heavy atom. The molecule has 0 fully saturated rings. The van der Waals surface area contributed by atoms with E-state index in [0.29, 0.717) is 0 Å². The summed E-state index contributed by atoms with van der Waals surface area (Å²) in [5.74, 6) is 1.72. The number of nitrogens with one attached hydrogen (secondary N) is 3. The Kier molecular flexibility index (Phi) is 6.26. The van der Waals surface area contributed by atoms with E-state index in [1.54, 1.807) is 0 Å². The van der Waals surface area contributed by atoms with Crippen LogP contribution in [0.5, 0.6) is 0 Å². The van der Waals surface area contributed by atoms with Gasteiger partial charge in [-0.1, -0.05) is 18.2 Å². The number of nitrogens with zero attached hydrogens (tertiary/aromatic N) is 1. The van der Waals surface area contributed by atoms with Gasteiger partial charge in [-0.15, -0.1) is 0 Å². The van der Waals surface area contributed by atoms with E-state index >= 15 is 0 Å². The van der Waals surface area contributed by atoms with Crippen molar-refractivity contribution in [1.82, 2.24) is 16.0 Å². The Balaban J connectivity index is 1.97. The zero-order chi connectivity index (χ0) is 17.6. The van der Waals surface area contributed by atoms with Crippen molar-refractivity contribution in [2.45, 2.75) is 46.2 Å². The molecule has 0 saturated carbocycles. The van der Waals surface area contributed by atoms with Gasteiger partial charge in [0.15, 0.2) is 5.96 Å². The Morgan fingerprint density at radius 3 is 2.67 bits per heavy atom. The van der Waals surface area contributed by atoms with Gasteiger partial charge in [-0.2, -0.15) is 0 Å². The molecule has 2 aromatic rings. The summed E-state index contributed by atoms with van der Waals surface area (Å²) in [6, 6.07) is 10.2. The SMILES string of the molecule is CCNC(=NCCNC(C)(C)C)NC(C)c1cc2ccccc2o1. The van der Waals surface area contributed by atoms with Crippen LogP contribution in [0, 0.1) is 0 Å². The van der Waals surface area contributed by atoms with Crippen LogP contribution in [0.25, 0.3) is 11.0 Å². The monoisotopic (exact) mass is 330 g/mol. The maximum absolute atomic E-state index is 5.92. The average molecular weight is 330 g/mol. The van der Waals surface area contributed by atoms with Crippen LogP contribution in [0.4, 0.5) is 0 Å². The Labute approximate surface area is 144 Å². The maximum atomic E-state index is 5.92. The predicted octanol–water partition coefficient (Wildman–Crippen LogP) is 3.44. The van der Waals surface area contributed by atoms with Crippen LogP contribution in [0.15, 0.2) is 39.7 Å². The standard InChI is InChI=1S/C19H30N4O/c1-6-20-18(21-11-12-22-19(3,4)5)23-14(2)17-13-15-9-7-8-10-16(15)24-17/h7-10,13-14,22H,6,11-12H2,1-5H3,(H2,20,21,23). The summed E-state index contributed by atoms with van der Waals surface area (Å²) in [6.45, 7) is 13.0. The number of rotatable bonds is 6. The summed E-state index contributed by atoms with van der Waals surface area (Å²) in [7, 11) is 0. The minimum Gasteiger partial charge on any atom is -0.459 e. The van der Waals surface area contributed by atoms with Crippen LogP contribution in [0.3, 0.4) is 0 Å². The lowest BCUT2D eigenvalue weighted by Crippen LogP contribution is -2.40. The summed E-state index contributed by atoms with van der Waals surface area (Å²) >= 11 is 0. The van der Waals surface area contributed by atoms with Gasteiger partial charge in [0.05, 0.1) is 12.6 Å². The van der Waals surface area contributed by atoms with Crippen molar-refractivity contribution >= 4 is 16.9 Å². The molecule has 5 heteroatoms. The second kappa shape index (κ2) is 8.20. The van der Waals surface area contributed by atoms with Crippen molar-refractivity contribution in [1.29, 1.82) is 0 Å². The molecule has 24 heavy (non-hydrogen) atoms. The van der Waals surface area contributed by atoms with Crippen molar-refractivity contribution < 1.29 is 4.42 Å². The number of guanidine groups is 1. The van der Waals surface area contributed by atoms with Gasteiger partial charge in [-0.05, 0) is 46.8 Å². The summed E-state index contributed by atoms with van der Waals surface area (Å²) in [4.78, 5) is 4.63. The van der Waals surface area contributed by atoms with Gasteiger partial charge in [0.1, 0.15) is 11.3 Å². The van der Waals surface area contributed by atoms with Gasteiger partial charge in [-0.3, -0.25) is 4.99 Å². The molecule has 0 bridgehead atoms. The fraction of sp³-hybridized carbons (Fsp3) is 0.526. The summed E-state index contributed by atoms with van der Waals surface area (Å²) in [5.41, 5.74) is 1.03. The highest BCUT2D eigenvalue weighted by molar-refractivity contribution is 5.81. The van der Waals surface area contributed by atoms with Crippen molar-refractivity contribution in [3.05, 3.63) is 36.1 Å². The molecule has 1 heterocycles. The number of para-hydroxylation sites is 1. The van der Waals surface area contributed by atoms with E-state index < -0.39 is 0 Å². The molecule has 0 aliphatic carbocycles. The van der Waals surface area contributed by atoms with Crippen LogP contribution in [-0.2, 0) is 0 Å². The number of hydrogen-bond donors (Lipinski definition) is 3. The quantitative estimate of drug-likeness (QED) is 0.431. The molecule has 2 rings (SSSR count). The molecular weight excluding hydrogens is 300 g/mol. The molecule has 0 aliphatic rings. The molecule has 3 N–H and O–H groups in total. The lowest BCUT2D eigenvalue weighted by molar-refractivity contribution is 0.432. The van der Waals surface area contributed by atoms with Crippen molar-refractivity contribution in [3.8, 4) is 0 Å². The first-order valence-electron chi connectivity index (χ1n) is 8.67. The minimum atomic E-state index is 0.0470. The van der Waals surface area contributed by atoms with Crippen LogP contribution < -0.4 is 16.0 Å². The smallest absolute Gasteiger partial charge is 0.191 e. The van der Waals surface area contributed by atoms with Gasteiger partial charge < -0.3 is 20.4 Å². The fourth-order valence-electron chi connectivity index (χ4n) is 2.41. The average Bonchev–Trinajstić information content (AvgIpc) is 2.95. The molecule has 0 spiro atoms. The Hall–Kier alpha value is -2.01. The van der Waals surface area contributed by atoms with Crippen LogP contribution in [-0.4, -0.2) is 31.1 Å². The van der Waals surface area contributed by atoms with Gasteiger partial charge in [-0.25, -0.2) is 0 Å². The molecule has 1 unspecified atom stereocenters. The molecule has 132 valence electrons. The molecular formula is C19H30N4O.